The van der Waals surface area contributed by atoms with E-state index in [0.717, 1.165) is 11.1 Å². The van der Waals surface area contributed by atoms with Crippen LogP contribution in [0.5, 0.6) is 0 Å². The third-order valence-corrected chi connectivity index (χ3v) is 6.38. The van der Waals surface area contributed by atoms with Crippen LogP contribution in [0.3, 0.4) is 0 Å². The third kappa shape index (κ3) is 4.90. The fourth-order valence-electron chi connectivity index (χ4n) is 4.43. The van der Waals surface area contributed by atoms with Gasteiger partial charge in [0.15, 0.2) is 0 Å². The van der Waals surface area contributed by atoms with Gasteiger partial charge in [-0.1, -0.05) is 60.7 Å². The summed E-state index contributed by atoms with van der Waals surface area (Å²) in [4.78, 5) is 43.6. The molecule has 0 spiro atoms. The summed E-state index contributed by atoms with van der Waals surface area (Å²) < 4.78 is 0. The molecule has 2 aromatic carbocycles. The van der Waals surface area contributed by atoms with E-state index < -0.39 is 0 Å². The van der Waals surface area contributed by atoms with E-state index in [1.54, 1.807) is 15.9 Å². The summed E-state index contributed by atoms with van der Waals surface area (Å²) in [5.74, 6) is -0.304. The van der Waals surface area contributed by atoms with Crippen LogP contribution >= 0.6 is 0 Å². The number of hydrogen-bond acceptors (Lipinski definition) is 3. The first-order valence-electron chi connectivity index (χ1n) is 11.2. The van der Waals surface area contributed by atoms with Crippen LogP contribution in [0, 0.1) is 5.92 Å². The average Bonchev–Trinajstić information content (AvgIpc) is 3.24. The van der Waals surface area contributed by atoms with Gasteiger partial charge in [-0.25, -0.2) is 0 Å². The zero-order valence-corrected chi connectivity index (χ0v) is 18.4. The van der Waals surface area contributed by atoms with E-state index in [2.05, 4.69) is 0 Å². The number of hydrogen-bond donors (Lipinski definition) is 0. The summed E-state index contributed by atoms with van der Waals surface area (Å²) in [6.07, 6.45) is 3.66. The molecule has 2 atom stereocenters. The van der Waals surface area contributed by atoms with Crippen LogP contribution in [0.4, 0.5) is 0 Å². The summed E-state index contributed by atoms with van der Waals surface area (Å²) in [6.45, 7) is 4.48. The Labute approximate surface area is 189 Å². The van der Waals surface area contributed by atoms with Crippen LogP contribution in [0.2, 0.25) is 0 Å². The number of rotatable bonds is 5. The highest BCUT2D eigenvalue weighted by Gasteiger charge is 2.39. The molecular weight excluding hydrogens is 402 g/mol. The Morgan fingerprint density at radius 1 is 0.906 bits per heavy atom. The highest BCUT2D eigenvalue weighted by molar-refractivity contribution is 5.92. The Balaban J connectivity index is 1.29. The van der Waals surface area contributed by atoms with E-state index in [9.17, 15) is 14.4 Å². The number of carbonyl (C=O) groups is 3. The van der Waals surface area contributed by atoms with Crippen molar-refractivity contribution in [3.8, 4) is 0 Å². The molecule has 4 rings (SSSR count). The first-order chi connectivity index (χ1) is 15.5. The molecule has 2 aliphatic rings. The van der Waals surface area contributed by atoms with Gasteiger partial charge in [0.1, 0.15) is 0 Å². The van der Waals surface area contributed by atoms with Crippen LogP contribution in [0.1, 0.15) is 30.5 Å². The van der Waals surface area contributed by atoms with Gasteiger partial charge in [-0.05, 0) is 24.1 Å². The Morgan fingerprint density at radius 2 is 1.50 bits per heavy atom. The van der Waals surface area contributed by atoms with Gasteiger partial charge >= 0.3 is 0 Å². The molecule has 0 aliphatic carbocycles. The Morgan fingerprint density at radius 3 is 2.16 bits per heavy atom. The molecule has 0 saturated carbocycles. The molecule has 0 aromatic heterocycles. The Hall–Kier alpha value is -3.41. The number of benzene rings is 2. The number of piperazine rings is 1. The van der Waals surface area contributed by atoms with Crippen molar-refractivity contribution in [2.24, 2.45) is 5.92 Å². The van der Waals surface area contributed by atoms with Crippen LogP contribution in [-0.2, 0) is 14.4 Å². The molecule has 2 saturated heterocycles. The van der Waals surface area contributed by atoms with Crippen LogP contribution in [-0.4, -0.2) is 65.1 Å². The summed E-state index contributed by atoms with van der Waals surface area (Å²) >= 11 is 0. The molecular formula is C26H29N3O3. The summed E-state index contributed by atoms with van der Waals surface area (Å²) in [5, 5.41) is 0. The maximum absolute atomic E-state index is 13.1. The number of amides is 3. The minimum Gasteiger partial charge on any atom is -0.339 e. The highest BCUT2D eigenvalue weighted by Crippen LogP contribution is 2.29. The van der Waals surface area contributed by atoms with Crippen molar-refractivity contribution in [1.82, 2.24) is 14.7 Å². The lowest BCUT2D eigenvalue weighted by molar-refractivity contribution is -0.140. The molecule has 0 bridgehead atoms. The average molecular weight is 432 g/mol. The molecule has 0 radical (unpaired) electrons. The predicted octanol–water partition coefficient (Wildman–Crippen LogP) is 2.98. The third-order valence-electron chi connectivity index (χ3n) is 6.38. The molecule has 2 aliphatic heterocycles. The molecule has 0 N–H and O–H groups in total. The SMILES string of the molecule is CC(c1ccccc1)N1CC(C(=O)N2CCN(C(=O)/C=C/c3ccccc3)CC2)CC1=O. The lowest BCUT2D eigenvalue weighted by Gasteiger charge is -2.35. The van der Waals surface area contributed by atoms with Gasteiger partial charge in [0.05, 0.1) is 12.0 Å². The van der Waals surface area contributed by atoms with Crippen LogP contribution < -0.4 is 0 Å². The zero-order valence-electron chi connectivity index (χ0n) is 18.4. The minimum atomic E-state index is -0.311. The maximum Gasteiger partial charge on any atom is 0.246 e. The molecule has 166 valence electrons. The first kappa shape index (κ1) is 21.8. The normalized spacial score (nSPS) is 20.1. The predicted molar refractivity (Wildman–Crippen MR) is 123 cm³/mol. The molecule has 32 heavy (non-hydrogen) atoms. The van der Waals surface area contributed by atoms with Gasteiger partial charge in [0, 0.05) is 45.2 Å². The zero-order chi connectivity index (χ0) is 22.5. The van der Waals surface area contributed by atoms with Crippen molar-refractivity contribution >= 4 is 23.8 Å². The lowest BCUT2D eigenvalue weighted by atomic mass is 10.1. The van der Waals surface area contributed by atoms with Gasteiger partial charge in [-0.3, -0.25) is 14.4 Å². The largest absolute Gasteiger partial charge is 0.339 e. The Kier molecular flexibility index (Phi) is 6.69. The van der Waals surface area contributed by atoms with Crippen molar-refractivity contribution in [1.29, 1.82) is 0 Å². The quantitative estimate of drug-likeness (QED) is 0.684. The van der Waals surface area contributed by atoms with Gasteiger partial charge < -0.3 is 14.7 Å². The van der Waals surface area contributed by atoms with E-state index >= 15 is 0 Å². The van der Waals surface area contributed by atoms with Crippen molar-refractivity contribution in [3.05, 3.63) is 77.9 Å². The Bertz CT molecular complexity index is 982. The smallest absolute Gasteiger partial charge is 0.246 e. The fraction of sp³-hybridized carbons (Fsp3) is 0.346. The minimum absolute atomic E-state index is 0.0213. The van der Waals surface area contributed by atoms with Crippen molar-refractivity contribution in [3.63, 3.8) is 0 Å². The van der Waals surface area contributed by atoms with Crippen molar-refractivity contribution in [2.45, 2.75) is 19.4 Å². The van der Waals surface area contributed by atoms with Gasteiger partial charge in [-0.2, -0.15) is 0 Å². The second-order valence-corrected chi connectivity index (χ2v) is 8.43. The number of carbonyl (C=O) groups excluding carboxylic acids is 3. The summed E-state index contributed by atoms with van der Waals surface area (Å²) in [7, 11) is 0. The van der Waals surface area contributed by atoms with E-state index in [4.69, 9.17) is 0 Å². The molecule has 2 unspecified atom stereocenters. The van der Waals surface area contributed by atoms with E-state index in [-0.39, 0.29) is 36.1 Å². The molecule has 6 heteroatoms. The highest BCUT2D eigenvalue weighted by atomic mass is 16.2. The standard InChI is InChI=1S/C26H29N3O3/c1-20(22-10-6-3-7-11-22)29-19-23(18-25(29)31)26(32)28-16-14-27(15-17-28)24(30)13-12-21-8-4-2-5-9-21/h2-13,20,23H,14-19H2,1H3/b13-12+. The van der Waals surface area contributed by atoms with Crippen LogP contribution in [0.15, 0.2) is 66.7 Å². The van der Waals surface area contributed by atoms with Crippen LogP contribution in [0.25, 0.3) is 6.08 Å². The van der Waals surface area contributed by atoms with E-state index in [0.29, 0.717) is 32.7 Å². The molecule has 2 heterocycles. The van der Waals surface area contributed by atoms with Gasteiger partial charge in [0.2, 0.25) is 17.7 Å². The van der Waals surface area contributed by atoms with Crippen molar-refractivity contribution in [2.75, 3.05) is 32.7 Å². The molecule has 6 nitrogen and oxygen atoms in total. The fourth-order valence-corrected chi connectivity index (χ4v) is 4.43. The van der Waals surface area contributed by atoms with Gasteiger partial charge in [0.25, 0.3) is 0 Å². The van der Waals surface area contributed by atoms with Crippen molar-refractivity contribution < 1.29 is 14.4 Å². The molecule has 2 fully saturated rings. The monoisotopic (exact) mass is 431 g/mol. The number of nitrogens with zero attached hydrogens (tertiary/aromatic N) is 3. The lowest BCUT2D eigenvalue weighted by Crippen LogP contribution is -2.51. The second kappa shape index (κ2) is 9.81. The van der Waals surface area contributed by atoms with E-state index in [1.165, 1.54) is 0 Å². The topological polar surface area (TPSA) is 60.9 Å². The second-order valence-electron chi connectivity index (χ2n) is 8.43. The van der Waals surface area contributed by atoms with E-state index in [1.807, 2.05) is 78.6 Å². The van der Waals surface area contributed by atoms with Gasteiger partial charge in [-0.15, -0.1) is 0 Å². The molecule has 3 amide bonds. The maximum atomic E-state index is 13.1. The first-order valence-corrected chi connectivity index (χ1v) is 11.2. The summed E-state index contributed by atoms with van der Waals surface area (Å²) in [5.41, 5.74) is 2.06. The summed E-state index contributed by atoms with van der Waals surface area (Å²) in [6, 6.07) is 19.6. The number of likely N-dealkylation sites (tertiary alicyclic amines) is 1. The molecule has 2 aromatic rings.